The molecule has 1 unspecified atom stereocenters. The molecule has 0 aromatic heterocycles. The van der Waals surface area contributed by atoms with Crippen molar-refractivity contribution in [3.05, 3.63) is 35.6 Å². The molecule has 1 saturated carbocycles. The number of hydrogen-bond donors (Lipinski definition) is 1. The Kier molecular flexibility index (Phi) is 2.96. The van der Waals surface area contributed by atoms with Crippen LogP contribution in [0.1, 0.15) is 31.2 Å². The minimum Gasteiger partial charge on any atom is -0.481 e. The van der Waals surface area contributed by atoms with Crippen molar-refractivity contribution in [1.29, 1.82) is 0 Å². The molecule has 4 heteroatoms. The summed E-state index contributed by atoms with van der Waals surface area (Å²) >= 11 is 0. The fourth-order valence-corrected chi connectivity index (χ4v) is 2.44. The molecule has 17 heavy (non-hydrogen) atoms. The van der Waals surface area contributed by atoms with Crippen LogP contribution in [0.3, 0.4) is 0 Å². The largest absolute Gasteiger partial charge is 0.481 e. The standard InChI is InChI=1S/C13H13FO3/c14-10-4-1-3-9(7-10)13(12(16)17)6-2-5-11(15)8-13/h1,3-4,7H,2,5-6,8H2,(H,16,17). The Labute approximate surface area is 98.3 Å². The summed E-state index contributed by atoms with van der Waals surface area (Å²) < 4.78 is 13.2. The summed E-state index contributed by atoms with van der Waals surface area (Å²) in [5, 5.41) is 9.38. The van der Waals surface area contributed by atoms with E-state index in [1.165, 1.54) is 18.2 Å². The van der Waals surface area contributed by atoms with Crippen molar-refractivity contribution in [3.8, 4) is 0 Å². The number of carbonyl (C=O) groups excluding carboxylic acids is 1. The highest BCUT2D eigenvalue weighted by Gasteiger charge is 2.44. The van der Waals surface area contributed by atoms with Gasteiger partial charge in [0.15, 0.2) is 0 Å². The molecule has 0 saturated heterocycles. The number of benzene rings is 1. The molecule has 0 amide bonds. The normalized spacial score (nSPS) is 24.6. The molecule has 1 N–H and O–H groups in total. The summed E-state index contributed by atoms with van der Waals surface area (Å²) in [5.74, 6) is -1.58. The van der Waals surface area contributed by atoms with Crippen molar-refractivity contribution in [2.75, 3.05) is 0 Å². The van der Waals surface area contributed by atoms with Crippen LogP contribution in [0, 0.1) is 5.82 Å². The average Bonchev–Trinajstić information content (AvgIpc) is 2.28. The van der Waals surface area contributed by atoms with Gasteiger partial charge in [-0.2, -0.15) is 0 Å². The van der Waals surface area contributed by atoms with E-state index in [1.54, 1.807) is 6.07 Å². The Bertz CT molecular complexity index is 469. The lowest BCUT2D eigenvalue weighted by atomic mass is 9.69. The molecule has 0 heterocycles. The van der Waals surface area contributed by atoms with E-state index in [9.17, 15) is 19.1 Å². The summed E-state index contributed by atoms with van der Waals surface area (Å²) in [6, 6.07) is 5.54. The molecular weight excluding hydrogens is 223 g/mol. The highest BCUT2D eigenvalue weighted by atomic mass is 19.1. The Morgan fingerprint density at radius 3 is 2.76 bits per heavy atom. The number of halogens is 1. The number of carbonyl (C=O) groups is 2. The van der Waals surface area contributed by atoms with E-state index in [4.69, 9.17) is 0 Å². The highest BCUT2D eigenvalue weighted by Crippen LogP contribution is 2.38. The number of aliphatic carboxylic acids is 1. The number of Topliss-reactive ketones (excluding diaryl/α,β-unsaturated/α-hetero) is 1. The van der Waals surface area contributed by atoms with Gasteiger partial charge in [-0.1, -0.05) is 12.1 Å². The second kappa shape index (κ2) is 4.28. The molecule has 1 aliphatic rings. The minimum absolute atomic E-state index is 0.0359. The van der Waals surface area contributed by atoms with Crippen molar-refractivity contribution < 1.29 is 19.1 Å². The molecule has 0 spiro atoms. The van der Waals surface area contributed by atoms with Gasteiger partial charge in [-0.3, -0.25) is 9.59 Å². The number of rotatable bonds is 2. The van der Waals surface area contributed by atoms with E-state index in [0.29, 0.717) is 24.8 Å². The van der Waals surface area contributed by atoms with Crippen molar-refractivity contribution >= 4 is 11.8 Å². The molecule has 0 bridgehead atoms. The minimum atomic E-state index is -1.24. The van der Waals surface area contributed by atoms with E-state index in [1.807, 2.05) is 0 Å². The van der Waals surface area contributed by atoms with E-state index < -0.39 is 17.2 Å². The van der Waals surface area contributed by atoms with E-state index in [0.717, 1.165) is 0 Å². The first-order valence-electron chi connectivity index (χ1n) is 5.56. The Hall–Kier alpha value is -1.71. The second-order valence-corrected chi connectivity index (χ2v) is 4.47. The molecular formula is C13H13FO3. The van der Waals surface area contributed by atoms with Gasteiger partial charge in [0.1, 0.15) is 11.6 Å². The van der Waals surface area contributed by atoms with Gasteiger partial charge in [0.2, 0.25) is 0 Å². The molecule has 1 aliphatic carbocycles. The lowest BCUT2D eigenvalue weighted by molar-refractivity contribution is -0.147. The van der Waals surface area contributed by atoms with Crippen LogP contribution >= 0.6 is 0 Å². The van der Waals surface area contributed by atoms with Crippen LogP contribution in [0.25, 0.3) is 0 Å². The fraction of sp³-hybridized carbons (Fsp3) is 0.385. The third-order valence-electron chi connectivity index (χ3n) is 3.34. The lowest BCUT2D eigenvalue weighted by Gasteiger charge is -2.32. The van der Waals surface area contributed by atoms with E-state index in [2.05, 4.69) is 0 Å². The van der Waals surface area contributed by atoms with Gasteiger partial charge in [0.25, 0.3) is 0 Å². The molecule has 90 valence electrons. The zero-order valence-corrected chi connectivity index (χ0v) is 9.28. The molecule has 1 aromatic carbocycles. The van der Waals surface area contributed by atoms with Gasteiger partial charge in [-0.25, -0.2) is 4.39 Å². The first-order chi connectivity index (χ1) is 8.04. The van der Waals surface area contributed by atoms with Crippen LogP contribution in [-0.2, 0) is 15.0 Å². The van der Waals surface area contributed by atoms with Crippen LogP contribution < -0.4 is 0 Å². The van der Waals surface area contributed by atoms with Crippen LogP contribution in [0.4, 0.5) is 4.39 Å². The first kappa shape index (κ1) is 11.8. The number of carboxylic acid groups (broad SMARTS) is 1. The molecule has 1 aromatic rings. The molecule has 0 radical (unpaired) electrons. The lowest BCUT2D eigenvalue weighted by Crippen LogP contribution is -2.40. The van der Waals surface area contributed by atoms with Gasteiger partial charge in [0.05, 0.1) is 5.41 Å². The van der Waals surface area contributed by atoms with Crippen LogP contribution in [0.15, 0.2) is 24.3 Å². The topological polar surface area (TPSA) is 54.4 Å². The van der Waals surface area contributed by atoms with Crippen LogP contribution in [-0.4, -0.2) is 16.9 Å². The number of ketones is 1. The van der Waals surface area contributed by atoms with Crippen molar-refractivity contribution in [3.63, 3.8) is 0 Å². The Morgan fingerprint density at radius 2 is 2.18 bits per heavy atom. The number of hydrogen-bond acceptors (Lipinski definition) is 2. The summed E-state index contributed by atoms with van der Waals surface area (Å²) in [6.07, 6.45) is 1.31. The van der Waals surface area contributed by atoms with Gasteiger partial charge < -0.3 is 5.11 Å². The van der Waals surface area contributed by atoms with Crippen molar-refractivity contribution in [1.82, 2.24) is 0 Å². The molecule has 0 aliphatic heterocycles. The predicted octanol–water partition coefficient (Wildman–Crippen LogP) is 2.29. The first-order valence-corrected chi connectivity index (χ1v) is 5.56. The SMILES string of the molecule is O=C1CCCC(C(=O)O)(c2cccc(F)c2)C1. The highest BCUT2D eigenvalue weighted by molar-refractivity contribution is 5.91. The zero-order chi connectivity index (χ0) is 12.5. The van der Waals surface area contributed by atoms with E-state index >= 15 is 0 Å². The van der Waals surface area contributed by atoms with Crippen molar-refractivity contribution in [2.24, 2.45) is 0 Å². The fourth-order valence-electron chi connectivity index (χ4n) is 2.44. The summed E-state index contributed by atoms with van der Waals surface area (Å²) in [6.45, 7) is 0. The second-order valence-electron chi connectivity index (χ2n) is 4.47. The van der Waals surface area contributed by atoms with Gasteiger partial charge in [-0.15, -0.1) is 0 Å². The van der Waals surface area contributed by atoms with Crippen LogP contribution in [0.2, 0.25) is 0 Å². The Morgan fingerprint density at radius 1 is 1.41 bits per heavy atom. The molecule has 2 rings (SSSR count). The predicted molar refractivity (Wildman–Crippen MR) is 59.2 cm³/mol. The summed E-state index contributed by atoms with van der Waals surface area (Å²) in [5.41, 5.74) is -0.852. The van der Waals surface area contributed by atoms with Gasteiger partial charge in [-0.05, 0) is 30.5 Å². The third-order valence-corrected chi connectivity index (χ3v) is 3.34. The van der Waals surface area contributed by atoms with E-state index in [-0.39, 0.29) is 12.2 Å². The maximum Gasteiger partial charge on any atom is 0.314 e. The quantitative estimate of drug-likeness (QED) is 0.857. The smallest absolute Gasteiger partial charge is 0.314 e. The maximum absolute atomic E-state index is 13.2. The summed E-state index contributed by atoms with van der Waals surface area (Å²) in [7, 11) is 0. The van der Waals surface area contributed by atoms with Crippen molar-refractivity contribution in [2.45, 2.75) is 31.1 Å². The third kappa shape index (κ3) is 2.07. The van der Waals surface area contributed by atoms with Gasteiger partial charge >= 0.3 is 5.97 Å². The zero-order valence-electron chi connectivity index (χ0n) is 9.28. The summed E-state index contributed by atoms with van der Waals surface area (Å²) in [4.78, 5) is 22.9. The molecule has 1 fully saturated rings. The average molecular weight is 236 g/mol. The number of carboxylic acids is 1. The maximum atomic E-state index is 13.2. The van der Waals surface area contributed by atoms with Gasteiger partial charge in [0, 0.05) is 12.8 Å². The molecule has 1 atom stereocenters. The van der Waals surface area contributed by atoms with Crippen LogP contribution in [0.5, 0.6) is 0 Å². The monoisotopic (exact) mass is 236 g/mol. The Balaban J connectivity index is 2.47. The molecule has 3 nitrogen and oxygen atoms in total.